The van der Waals surface area contributed by atoms with Gasteiger partial charge in [-0.3, -0.25) is 0 Å². The third kappa shape index (κ3) is 3.88. The lowest BCUT2D eigenvalue weighted by Gasteiger charge is -2.20. The van der Waals surface area contributed by atoms with E-state index in [9.17, 15) is 0 Å². The van der Waals surface area contributed by atoms with Crippen molar-refractivity contribution in [3.05, 3.63) is 34.9 Å². The van der Waals surface area contributed by atoms with Gasteiger partial charge in [-0.2, -0.15) is 0 Å². The molecule has 0 spiro atoms. The SMILES string of the molecule is C=C(CC)CC(NC)c1cc(Cl)c(OC)c(OC)c1. The van der Waals surface area contributed by atoms with Gasteiger partial charge in [-0.05, 0) is 37.6 Å². The standard InChI is InChI=1S/C15H22ClNO2/c1-6-10(2)7-13(17-3)11-8-12(16)15(19-5)14(9-11)18-4/h8-9,13,17H,2,6-7H2,1,3-5H3. The highest BCUT2D eigenvalue weighted by Crippen LogP contribution is 2.38. The van der Waals surface area contributed by atoms with Crippen LogP contribution in [0.2, 0.25) is 5.02 Å². The molecule has 0 saturated carbocycles. The number of nitrogens with one attached hydrogen (secondary N) is 1. The van der Waals surface area contributed by atoms with E-state index in [-0.39, 0.29) is 6.04 Å². The summed E-state index contributed by atoms with van der Waals surface area (Å²) in [5, 5.41) is 3.84. The summed E-state index contributed by atoms with van der Waals surface area (Å²) < 4.78 is 10.6. The average molecular weight is 284 g/mol. The number of hydrogen-bond acceptors (Lipinski definition) is 3. The van der Waals surface area contributed by atoms with Gasteiger partial charge in [0.05, 0.1) is 19.2 Å². The van der Waals surface area contributed by atoms with Gasteiger partial charge in [-0.25, -0.2) is 0 Å². The molecule has 0 bridgehead atoms. The fraction of sp³-hybridized carbons (Fsp3) is 0.467. The maximum Gasteiger partial charge on any atom is 0.179 e. The van der Waals surface area contributed by atoms with Gasteiger partial charge >= 0.3 is 0 Å². The van der Waals surface area contributed by atoms with Crippen molar-refractivity contribution in [2.45, 2.75) is 25.8 Å². The molecule has 106 valence electrons. The Bertz CT molecular complexity index is 446. The zero-order valence-electron chi connectivity index (χ0n) is 12.0. The quantitative estimate of drug-likeness (QED) is 0.768. The summed E-state index contributed by atoms with van der Waals surface area (Å²) in [6, 6.07) is 4.03. The number of hydrogen-bond donors (Lipinski definition) is 1. The highest BCUT2D eigenvalue weighted by atomic mass is 35.5. The van der Waals surface area contributed by atoms with Crippen molar-refractivity contribution < 1.29 is 9.47 Å². The van der Waals surface area contributed by atoms with E-state index in [0.717, 1.165) is 18.4 Å². The van der Waals surface area contributed by atoms with Gasteiger partial charge in [-0.1, -0.05) is 30.7 Å². The molecule has 19 heavy (non-hydrogen) atoms. The molecule has 0 aliphatic heterocycles. The summed E-state index contributed by atoms with van der Waals surface area (Å²) in [7, 11) is 5.12. The molecular formula is C15H22ClNO2. The molecule has 0 amide bonds. The van der Waals surface area contributed by atoms with Gasteiger partial charge in [-0.15, -0.1) is 0 Å². The third-order valence-electron chi connectivity index (χ3n) is 3.20. The van der Waals surface area contributed by atoms with Crippen molar-refractivity contribution in [1.29, 1.82) is 0 Å². The Morgan fingerprint density at radius 1 is 1.37 bits per heavy atom. The second-order valence-electron chi connectivity index (χ2n) is 4.39. The van der Waals surface area contributed by atoms with Crippen molar-refractivity contribution in [1.82, 2.24) is 5.32 Å². The fourth-order valence-electron chi connectivity index (χ4n) is 1.96. The second-order valence-corrected chi connectivity index (χ2v) is 4.79. The summed E-state index contributed by atoms with van der Waals surface area (Å²) in [6.07, 6.45) is 1.85. The highest BCUT2D eigenvalue weighted by Gasteiger charge is 2.16. The van der Waals surface area contributed by atoms with E-state index in [4.69, 9.17) is 21.1 Å². The minimum absolute atomic E-state index is 0.171. The van der Waals surface area contributed by atoms with Crippen LogP contribution in [0.25, 0.3) is 0 Å². The van der Waals surface area contributed by atoms with Crippen molar-refractivity contribution in [3.63, 3.8) is 0 Å². The first-order valence-electron chi connectivity index (χ1n) is 6.32. The van der Waals surface area contributed by atoms with Crippen molar-refractivity contribution in [2.75, 3.05) is 21.3 Å². The van der Waals surface area contributed by atoms with Crippen molar-refractivity contribution in [2.24, 2.45) is 0 Å². The normalized spacial score (nSPS) is 12.1. The summed E-state index contributed by atoms with van der Waals surface area (Å²) in [5.74, 6) is 1.21. The lowest BCUT2D eigenvalue weighted by Crippen LogP contribution is -2.17. The van der Waals surface area contributed by atoms with E-state index < -0.39 is 0 Å². The van der Waals surface area contributed by atoms with E-state index in [1.807, 2.05) is 19.2 Å². The Kier molecular flexibility index (Phi) is 6.19. The van der Waals surface area contributed by atoms with E-state index in [1.165, 1.54) is 5.57 Å². The van der Waals surface area contributed by atoms with Gasteiger partial charge in [0, 0.05) is 6.04 Å². The number of rotatable bonds is 7. The van der Waals surface area contributed by atoms with E-state index >= 15 is 0 Å². The summed E-state index contributed by atoms with van der Waals surface area (Å²) in [6.45, 7) is 6.16. The zero-order valence-corrected chi connectivity index (χ0v) is 12.8. The fourth-order valence-corrected chi connectivity index (χ4v) is 2.25. The largest absolute Gasteiger partial charge is 0.493 e. The van der Waals surface area contributed by atoms with Crippen LogP contribution in [-0.4, -0.2) is 21.3 Å². The number of halogens is 1. The van der Waals surface area contributed by atoms with E-state index in [2.05, 4.69) is 18.8 Å². The van der Waals surface area contributed by atoms with Crippen LogP contribution in [0, 0.1) is 0 Å². The van der Waals surface area contributed by atoms with Crippen LogP contribution in [0.4, 0.5) is 0 Å². The molecule has 0 saturated heterocycles. The van der Waals surface area contributed by atoms with Gasteiger partial charge in [0.2, 0.25) is 0 Å². The molecule has 3 nitrogen and oxygen atoms in total. The molecule has 1 aromatic carbocycles. The number of benzene rings is 1. The maximum atomic E-state index is 6.23. The predicted molar refractivity (Wildman–Crippen MR) is 80.4 cm³/mol. The second kappa shape index (κ2) is 7.41. The maximum absolute atomic E-state index is 6.23. The first kappa shape index (κ1) is 15.9. The molecule has 0 aliphatic rings. The van der Waals surface area contributed by atoms with Crippen molar-refractivity contribution in [3.8, 4) is 11.5 Å². The van der Waals surface area contributed by atoms with E-state index in [1.54, 1.807) is 14.2 Å². The first-order valence-corrected chi connectivity index (χ1v) is 6.70. The predicted octanol–water partition coefficient (Wildman–Crippen LogP) is 3.97. The monoisotopic (exact) mass is 283 g/mol. The lowest BCUT2D eigenvalue weighted by atomic mass is 9.98. The van der Waals surface area contributed by atoms with Crippen LogP contribution < -0.4 is 14.8 Å². The van der Waals surface area contributed by atoms with Crippen LogP contribution in [0.3, 0.4) is 0 Å². The molecule has 1 rings (SSSR count). The smallest absolute Gasteiger partial charge is 0.179 e. The zero-order chi connectivity index (χ0) is 14.4. The van der Waals surface area contributed by atoms with E-state index in [0.29, 0.717) is 16.5 Å². The summed E-state index contributed by atoms with van der Waals surface area (Å²) >= 11 is 6.23. The molecule has 0 heterocycles. The molecule has 1 atom stereocenters. The molecule has 1 N–H and O–H groups in total. The Morgan fingerprint density at radius 3 is 2.53 bits per heavy atom. The molecule has 1 unspecified atom stereocenters. The minimum atomic E-state index is 0.171. The molecule has 1 aromatic rings. The molecule has 0 radical (unpaired) electrons. The minimum Gasteiger partial charge on any atom is -0.493 e. The number of ether oxygens (including phenoxy) is 2. The van der Waals surface area contributed by atoms with Gasteiger partial charge in [0.15, 0.2) is 11.5 Å². The average Bonchev–Trinajstić information content (AvgIpc) is 2.43. The Morgan fingerprint density at radius 2 is 2.05 bits per heavy atom. The topological polar surface area (TPSA) is 30.5 Å². The van der Waals surface area contributed by atoms with Gasteiger partial charge in [0.1, 0.15) is 0 Å². The summed E-state index contributed by atoms with van der Waals surface area (Å²) in [4.78, 5) is 0. The lowest BCUT2D eigenvalue weighted by molar-refractivity contribution is 0.354. The molecule has 0 aliphatic carbocycles. The Hall–Kier alpha value is -1.19. The third-order valence-corrected chi connectivity index (χ3v) is 3.48. The van der Waals surface area contributed by atoms with Crippen molar-refractivity contribution >= 4 is 11.6 Å². The van der Waals surface area contributed by atoms with Crippen LogP contribution in [0.5, 0.6) is 11.5 Å². The van der Waals surface area contributed by atoms with Gasteiger partial charge < -0.3 is 14.8 Å². The van der Waals surface area contributed by atoms with Crippen LogP contribution in [0.15, 0.2) is 24.3 Å². The van der Waals surface area contributed by atoms with Crippen LogP contribution >= 0.6 is 11.6 Å². The van der Waals surface area contributed by atoms with Gasteiger partial charge in [0.25, 0.3) is 0 Å². The molecule has 4 heteroatoms. The first-order chi connectivity index (χ1) is 9.07. The molecule has 0 aromatic heterocycles. The van der Waals surface area contributed by atoms with Crippen LogP contribution in [-0.2, 0) is 0 Å². The Labute approximate surface area is 120 Å². The summed E-state index contributed by atoms with van der Waals surface area (Å²) in [5.41, 5.74) is 2.27. The Balaban J connectivity index is 3.11. The van der Waals surface area contributed by atoms with Crippen LogP contribution in [0.1, 0.15) is 31.4 Å². The molecular weight excluding hydrogens is 262 g/mol. The highest BCUT2D eigenvalue weighted by molar-refractivity contribution is 6.32. The molecule has 0 fully saturated rings. The number of methoxy groups -OCH3 is 2.